The number of nitro groups is 1. The van der Waals surface area contributed by atoms with Crippen LogP contribution in [-0.4, -0.2) is 36.6 Å². The molecule has 0 unspecified atom stereocenters. The normalized spacial score (nSPS) is 10.8. The second-order valence-corrected chi connectivity index (χ2v) is 7.79. The number of aliphatic hydroxyl groups excluding tert-OH is 1. The van der Waals surface area contributed by atoms with Crippen molar-refractivity contribution in [2.24, 2.45) is 0 Å². The number of hydrogen-bond acceptors (Lipinski definition) is 9. The zero-order valence-electron chi connectivity index (χ0n) is 14.7. The van der Waals surface area contributed by atoms with E-state index < -0.39 is 11.7 Å². The number of aliphatic hydroxyl groups is 1. The number of hydrogen-bond donors (Lipinski definition) is 1. The van der Waals surface area contributed by atoms with Crippen LogP contribution >= 0.6 is 23.1 Å². The summed E-state index contributed by atoms with van der Waals surface area (Å²) in [6.45, 7) is -0.471. The number of thiazole rings is 1. The van der Waals surface area contributed by atoms with E-state index >= 15 is 0 Å². The predicted octanol–water partition coefficient (Wildman–Crippen LogP) is 3.78. The zero-order valence-corrected chi connectivity index (χ0v) is 16.3. The van der Waals surface area contributed by atoms with E-state index in [-0.39, 0.29) is 5.00 Å². The smallest absolute Gasteiger partial charge is 0.344 e. The molecule has 2 aromatic carbocycles. The summed E-state index contributed by atoms with van der Waals surface area (Å²) < 4.78 is 7.62. The summed E-state index contributed by atoms with van der Waals surface area (Å²) in [5, 5.41) is 29.2. The highest BCUT2D eigenvalue weighted by molar-refractivity contribution is 8.01. The van der Waals surface area contributed by atoms with Crippen LogP contribution in [0.2, 0.25) is 0 Å². The third-order valence-corrected chi connectivity index (χ3v) is 5.80. The van der Waals surface area contributed by atoms with E-state index in [1.165, 1.54) is 18.0 Å². The summed E-state index contributed by atoms with van der Waals surface area (Å²) in [7, 11) is 0. The first-order valence-corrected chi connectivity index (χ1v) is 9.92. The van der Waals surface area contributed by atoms with E-state index in [1.807, 2.05) is 47.0 Å². The van der Waals surface area contributed by atoms with Gasteiger partial charge in [0.25, 0.3) is 0 Å². The Morgan fingerprint density at radius 1 is 1.14 bits per heavy atom. The maximum absolute atomic E-state index is 10.9. The van der Waals surface area contributed by atoms with Gasteiger partial charge in [0.15, 0.2) is 17.0 Å². The first kappa shape index (κ1) is 19.1. The van der Waals surface area contributed by atoms with Crippen molar-refractivity contribution in [1.82, 2.24) is 19.7 Å². The molecule has 0 fully saturated rings. The number of ether oxygens (including phenoxy) is 1. The van der Waals surface area contributed by atoms with E-state index in [1.54, 1.807) is 12.1 Å². The van der Waals surface area contributed by atoms with Crippen LogP contribution in [0, 0.1) is 10.1 Å². The lowest BCUT2D eigenvalue weighted by Crippen LogP contribution is -2.02. The Balaban J connectivity index is 1.82. The lowest BCUT2D eigenvalue weighted by Gasteiger charge is -2.12. The predicted molar refractivity (Wildman–Crippen MR) is 107 cm³/mol. The van der Waals surface area contributed by atoms with Gasteiger partial charge in [-0.1, -0.05) is 30.3 Å². The van der Waals surface area contributed by atoms with Crippen molar-refractivity contribution in [1.29, 1.82) is 0 Å². The SMILES string of the molecule is O=[N+]([O-])c1cnc(Sc2nnc(-c3ccccc3OCO)n2-c2ccccc2)s1. The van der Waals surface area contributed by atoms with Gasteiger partial charge < -0.3 is 9.84 Å². The minimum absolute atomic E-state index is 0.0415. The number of para-hydroxylation sites is 2. The molecule has 0 saturated carbocycles. The van der Waals surface area contributed by atoms with Crippen molar-refractivity contribution in [3.8, 4) is 22.8 Å². The van der Waals surface area contributed by atoms with Crippen LogP contribution < -0.4 is 4.74 Å². The Kier molecular flexibility index (Phi) is 5.51. The molecule has 2 aromatic heterocycles. The Labute approximate surface area is 172 Å². The van der Waals surface area contributed by atoms with Crippen LogP contribution in [0.1, 0.15) is 0 Å². The molecule has 0 radical (unpaired) electrons. The number of nitrogens with zero attached hydrogens (tertiary/aromatic N) is 5. The molecule has 0 aliphatic heterocycles. The van der Waals surface area contributed by atoms with Crippen LogP contribution in [0.4, 0.5) is 5.00 Å². The number of aromatic nitrogens is 4. The first-order chi connectivity index (χ1) is 14.2. The van der Waals surface area contributed by atoms with Gasteiger partial charge >= 0.3 is 5.00 Å². The summed E-state index contributed by atoms with van der Waals surface area (Å²) in [4.78, 5) is 14.6. The van der Waals surface area contributed by atoms with Crippen LogP contribution in [0.25, 0.3) is 17.1 Å². The highest BCUT2D eigenvalue weighted by atomic mass is 32.2. The fourth-order valence-corrected chi connectivity index (χ4v) is 4.36. The third kappa shape index (κ3) is 3.97. The van der Waals surface area contributed by atoms with E-state index in [4.69, 9.17) is 4.74 Å². The molecule has 0 spiro atoms. The van der Waals surface area contributed by atoms with Gasteiger partial charge in [-0.3, -0.25) is 14.7 Å². The molecule has 2 heterocycles. The molecular weight excluding hydrogens is 414 g/mol. The highest BCUT2D eigenvalue weighted by Gasteiger charge is 2.21. The largest absolute Gasteiger partial charge is 0.467 e. The molecule has 9 nitrogen and oxygen atoms in total. The molecule has 29 heavy (non-hydrogen) atoms. The van der Waals surface area contributed by atoms with Crippen molar-refractivity contribution in [2.45, 2.75) is 9.50 Å². The molecule has 1 N–H and O–H groups in total. The Hall–Kier alpha value is -3.28. The summed E-state index contributed by atoms with van der Waals surface area (Å²) in [5.41, 5.74) is 1.45. The maximum atomic E-state index is 10.9. The molecule has 4 aromatic rings. The van der Waals surface area contributed by atoms with Gasteiger partial charge in [-0.25, -0.2) is 4.98 Å². The van der Waals surface area contributed by atoms with Crippen molar-refractivity contribution in [3.63, 3.8) is 0 Å². The van der Waals surface area contributed by atoms with Crippen LogP contribution in [0.5, 0.6) is 5.75 Å². The van der Waals surface area contributed by atoms with Gasteiger partial charge in [-0.15, -0.1) is 10.2 Å². The average Bonchev–Trinajstić information content (AvgIpc) is 3.37. The van der Waals surface area contributed by atoms with Crippen molar-refractivity contribution >= 4 is 28.1 Å². The third-order valence-electron chi connectivity index (χ3n) is 3.83. The minimum atomic E-state index is -0.475. The minimum Gasteiger partial charge on any atom is -0.467 e. The quantitative estimate of drug-likeness (QED) is 0.269. The van der Waals surface area contributed by atoms with Gasteiger partial charge in [0.05, 0.1) is 10.5 Å². The topological polar surface area (TPSA) is 116 Å². The maximum Gasteiger partial charge on any atom is 0.344 e. The Morgan fingerprint density at radius 2 is 1.90 bits per heavy atom. The first-order valence-electron chi connectivity index (χ1n) is 8.29. The second kappa shape index (κ2) is 8.39. The van der Waals surface area contributed by atoms with Gasteiger partial charge in [-0.05, 0) is 47.4 Å². The molecule has 11 heteroatoms. The van der Waals surface area contributed by atoms with Gasteiger partial charge in [-0.2, -0.15) is 0 Å². The van der Waals surface area contributed by atoms with Crippen LogP contribution in [0.15, 0.2) is 70.3 Å². The van der Waals surface area contributed by atoms with Crippen LogP contribution in [-0.2, 0) is 0 Å². The summed E-state index contributed by atoms with van der Waals surface area (Å²) >= 11 is 2.15. The standard InChI is InChI=1S/C18H13N5O4S2/c24-11-27-14-9-5-4-8-13(14)16-20-21-17(22(16)12-6-2-1-3-7-12)29-18-19-10-15(28-18)23(25)26/h1-10,24H,11H2. The molecule has 0 bridgehead atoms. The number of rotatable bonds is 7. The Bertz CT molecular complexity index is 1150. The van der Waals surface area contributed by atoms with E-state index in [2.05, 4.69) is 15.2 Å². The van der Waals surface area contributed by atoms with Crippen molar-refractivity contribution < 1.29 is 14.8 Å². The van der Waals surface area contributed by atoms with E-state index in [0.717, 1.165) is 17.0 Å². The molecule has 0 amide bonds. The molecule has 0 aliphatic carbocycles. The summed E-state index contributed by atoms with van der Waals surface area (Å²) in [6.07, 6.45) is 1.22. The lowest BCUT2D eigenvalue weighted by molar-refractivity contribution is -0.380. The van der Waals surface area contributed by atoms with Gasteiger partial charge in [0, 0.05) is 5.69 Å². The molecule has 0 saturated heterocycles. The fraction of sp³-hybridized carbons (Fsp3) is 0.0556. The molecule has 0 aliphatic rings. The molecule has 146 valence electrons. The molecule has 0 atom stereocenters. The fourth-order valence-electron chi connectivity index (χ4n) is 2.63. The second-order valence-electron chi connectivity index (χ2n) is 5.57. The van der Waals surface area contributed by atoms with E-state index in [9.17, 15) is 15.2 Å². The van der Waals surface area contributed by atoms with Crippen molar-refractivity contribution in [2.75, 3.05) is 6.79 Å². The monoisotopic (exact) mass is 427 g/mol. The highest BCUT2D eigenvalue weighted by Crippen LogP contribution is 2.38. The summed E-state index contributed by atoms with van der Waals surface area (Å²) in [6, 6.07) is 16.6. The molecular formula is C18H13N5O4S2. The average molecular weight is 427 g/mol. The Morgan fingerprint density at radius 3 is 2.62 bits per heavy atom. The zero-order chi connectivity index (χ0) is 20.2. The molecule has 4 rings (SSSR count). The van der Waals surface area contributed by atoms with Crippen molar-refractivity contribution in [3.05, 3.63) is 70.9 Å². The van der Waals surface area contributed by atoms with E-state index in [0.29, 0.717) is 26.6 Å². The number of benzene rings is 2. The van der Waals surface area contributed by atoms with Gasteiger partial charge in [0.2, 0.25) is 5.16 Å². The lowest BCUT2D eigenvalue weighted by atomic mass is 10.2. The van der Waals surface area contributed by atoms with Crippen LogP contribution in [0.3, 0.4) is 0 Å². The van der Waals surface area contributed by atoms with Gasteiger partial charge in [0.1, 0.15) is 11.9 Å². The summed E-state index contributed by atoms with van der Waals surface area (Å²) in [5.74, 6) is 0.967.